The average molecular weight is 401 g/mol. The molecule has 4 nitrogen and oxygen atoms in total. The Morgan fingerprint density at radius 3 is 2.25 bits per heavy atom. The Bertz CT molecular complexity index is 772. The van der Waals surface area contributed by atoms with Crippen LogP contribution in [0.1, 0.15) is 43.4 Å². The topological polar surface area (TPSA) is 49.4 Å². The lowest BCUT2D eigenvalue weighted by atomic mass is 10.1. The number of rotatable bonds is 9. The summed E-state index contributed by atoms with van der Waals surface area (Å²) in [6.45, 7) is 6.81. The summed E-state index contributed by atoms with van der Waals surface area (Å²) in [5.41, 5.74) is 3.26. The molecule has 0 saturated heterocycles. The molecular weight excluding hydrogens is 372 g/mol. The molecule has 0 radical (unpaired) electrons. The van der Waals surface area contributed by atoms with Crippen molar-refractivity contribution in [2.24, 2.45) is 0 Å². The zero-order chi connectivity index (χ0) is 20.5. The zero-order valence-electron chi connectivity index (χ0n) is 16.9. The molecule has 2 aromatic rings. The highest BCUT2D eigenvalue weighted by Crippen LogP contribution is 2.16. The molecule has 0 aliphatic rings. The van der Waals surface area contributed by atoms with Gasteiger partial charge in [-0.05, 0) is 49.9 Å². The lowest BCUT2D eigenvalue weighted by molar-refractivity contribution is -0.140. The van der Waals surface area contributed by atoms with Crippen LogP contribution in [0, 0.1) is 6.92 Å². The molecule has 0 aliphatic heterocycles. The first-order valence-electron chi connectivity index (χ1n) is 9.78. The number of amides is 2. The van der Waals surface area contributed by atoms with Crippen molar-refractivity contribution in [3.63, 3.8) is 0 Å². The number of hydrogen-bond donors (Lipinski definition) is 1. The minimum Gasteiger partial charge on any atom is -0.354 e. The number of benzene rings is 2. The lowest BCUT2D eigenvalue weighted by Gasteiger charge is -2.29. The molecule has 0 fully saturated rings. The van der Waals surface area contributed by atoms with Crippen molar-refractivity contribution in [2.75, 3.05) is 6.54 Å². The fourth-order valence-corrected chi connectivity index (χ4v) is 3.04. The molecule has 1 N–H and O–H groups in total. The molecule has 1 atom stereocenters. The van der Waals surface area contributed by atoms with E-state index in [2.05, 4.69) is 5.32 Å². The van der Waals surface area contributed by atoms with Crippen molar-refractivity contribution in [1.82, 2.24) is 10.2 Å². The fourth-order valence-electron chi connectivity index (χ4n) is 2.91. The van der Waals surface area contributed by atoms with E-state index >= 15 is 0 Å². The van der Waals surface area contributed by atoms with Gasteiger partial charge in [-0.3, -0.25) is 9.59 Å². The molecule has 2 aromatic carbocycles. The predicted molar refractivity (Wildman–Crippen MR) is 114 cm³/mol. The van der Waals surface area contributed by atoms with Gasteiger partial charge in [-0.2, -0.15) is 0 Å². The molecule has 1 unspecified atom stereocenters. The maximum absolute atomic E-state index is 13.0. The first-order valence-corrected chi connectivity index (χ1v) is 10.2. The van der Waals surface area contributed by atoms with E-state index in [-0.39, 0.29) is 11.8 Å². The van der Waals surface area contributed by atoms with Crippen LogP contribution in [-0.4, -0.2) is 29.3 Å². The van der Waals surface area contributed by atoms with Crippen molar-refractivity contribution in [2.45, 2.75) is 52.6 Å². The van der Waals surface area contributed by atoms with Crippen molar-refractivity contribution in [3.05, 3.63) is 70.2 Å². The second kappa shape index (κ2) is 10.9. The zero-order valence-corrected chi connectivity index (χ0v) is 17.6. The van der Waals surface area contributed by atoms with Crippen LogP contribution in [0.3, 0.4) is 0 Å². The third kappa shape index (κ3) is 6.68. The van der Waals surface area contributed by atoms with E-state index in [1.54, 1.807) is 24.0 Å². The van der Waals surface area contributed by atoms with Crippen molar-refractivity contribution >= 4 is 23.4 Å². The summed E-state index contributed by atoms with van der Waals surface area (Å²) in [5, 5.41) is 3.54. The number of halogens is 1. The molecule has 2 amide bonds. The predicted octanol–water partition coefficient (Wildman–Crippen LogP) is 4.52. The van der Waals surface area contributed by atoms with Crippen LogP contribution in [0.25, 0.3) is 0 Å². The monoisotopic (exact) mass is 400 g/mol. The third-order valence-corrected chi connectivity index (χ3v) is 4.98. The lowest BCUT2D eigenvalue weighted by Crippen LogP contribution is -2.47. The summed E-state index contributed by atoms with van der Waals surface area (Å²) in [6.07, 6.45) is 1.87. The standard InChI is InChI=1S/C23H29ClN2O2/c1-4-15-25-23(28)18(3)26(16-20-9-12-21(24)13-10-20)22(27)14-11-19-7-5-17(2)6-8-19/h5-10,12-13,18H,4,11,14-16H2,1-3H3,(H,25,28). The maximum atomic E-state index is 13.0. The van der Waals surface area contributed by atoms with Crippen LogP contribution in [-0.2, 0) is 22.6 Å². The molecule has 0 bridgehead atoms. The summed E-state index contributed by atoms with van der Waals surface area (Å²) in [7, 11) is 0. The highest BCUT2D eigenvalue weighted by molar-refractivity contribution is 6.30. The minimum absolute atomic E-state index is 0.0327. The number of nitrogens with one attached hydrogen (secondary N) is 1. The van der Waals surface area contributed by atoms with E-state index in [1.807, 2.05) is 50.2 Å². The van der Waals surface area contributed by atoms with Gasteiger partial charge in [0.2, 0.25) is 11.8 Å². The second-order valence-corrected chi connectivity index (χ2v) is 7.54. The van der Waals surface area contributed by atoms with Crippen LogP contribution < -0.4 is 5.32 Å². The van der Waals surface area contributed by atoms with Crippen molar-refractivity contribution in [3.8, 4) is 0 Å². The van der Waals surface area contributed by atoms with E-state index in [4.69, 9.17) is 11.6 Å². The summed E-state index contributed by atoms with van der Waals surface area (Å²) < 4.78 is 0. The van der Waals surface area contributed by atoms with Gasteiger partial charge in [0, 0.05) is 24.5 Å². The van der Waals surface area contributed by atoms with Crippen LogP contribution in [0.5, 0.6) is 0 Å². The number of hydrogen-bond acceptors (Lipinski definition) is 2. The molecule has 0 aromatic heterocycles. The minimum atomic E-state index is -0.534. The first-order chi connectivity index (χ1) is 13.4. The Hall–Kier alpha value is -2.33. The Balaban J connectivity index is 2.10. The molecule has 5 heteroatoms. The average Bonchev–Trinajstić information content (AvgIpc) is 2.70. The largest absolute Gasteiger partial charge is 0.354 e. The van der Waals surface area contributed by atoms with Gasteiger partial charge in [0.15, 0.2) is 0 Å². The number of aryl methyl sites for hydroxylation is 2. The molecular formula is C23H29ClN2O2. The van der Waals surface area contributed by atoms with Crippen LogP contribution in [0.2, 0.25) is 5.02 Å². The van der Waals surface area contributed by atoms with Gasteiger partial charge in [-0.1, -0.05) is 60.5 Å². The number of carbonyl (C=O) groups is 2. The molecule has 0 saturated carbocycles. The summed E-state index contributed by atoms with van der Waals surface area (Å²) in [5.74, 6) is -0.158. The van der Waals surface area contributed by atoms with Gasteiger partial charge in [0.25, 0.3) is 0 Å². The maximum Gasteiger partial charge on any atom is 0.242 e. The first kappa shape index (κ1) is 22.0. The van der Waals surface area contributed by atoms with Crippen LogP contribution in [0.4, 0.5) is 0 Å². The summed E-state index contributed by atoms with van der Waals surface area (Å²) >= 11 is 5.96. The smallest absolute Gasteiger partial charge is 0.242 e. The number of carbonyl (C=O) groups excluding carboxylic acids is 2. The van der Waals surface area contributed by atoms with Gasteiger partial charge in [-0.25, -0.2) is 0 Å². The quantitative estimate of drug-likeness (QED) is 0.672. The Morgan fingerprint density at radius 1 is 1.04 bits per heavy atom. The molecule has 0 spiro atoms. The summed E-state index contributed by atoms with van der Waals surface area (Å²) in [6, 6.07) is 15.0. The van der Waals surface area contributed by atoms with E-state index < -0.39 is 6.04 Å². The van der Waals surface area contributed by atoms with E-state index in [1.165, 1.54) is 5.56 Å². The van der Waals surface area contributed by atoms with Gasteiger partial charge in [0.05, 0.1) is 0 Å². The van der Waals surface area contributed by atoms with Gasteiger partial charge >= 0.3 is 0 Å². The van der Waals surface area contributed by atoms with Crippen LogP contribution >= 0.6 is 11.6 Å². The highest BCUT2D eigenvalue weighted by Gasteiger charge is 2.25. The molecule has 0 aliphatic carbocycles. The molecule has 28 heavy (non-hydrogen) atoms. The van der Waals surface area contributed by atoms with Gasteiger partial charge < -0.3 is 10.2 Å². The summed E-state index contributed by atoms with van der Waals surface area (Å²) in [4.78, 5) is 27.1. The normalized spacial score (nSPS) is 11.7. The fraction of sp³-hybridized carbons (Fsp3) is 0.391. The molecule has 0 heterocycles. The SMILES string of the molecule is CCCNC(=O)C(C)N(Cc1ccc(Cl)cc1)C(=O)CCc1ccc(C)cc1. The Labute approximate surface area is 172 Å². The van der Waals surface area contributed by atoms with Crippen LogP contribution in [0.15, 0.2) is 48.5 Å². The van der Waals surface area contributed by atoms with E-state index in [9.17, 15) is 9.59 Å². The van der Waals surface area contributed by atoms with E-state index in [0.29, 0.717) is 31.0 Å². The third-order valence-electron chi connectivity index (χ3n) is 4.73. The Morgan fingerprint density at radius 2 is 1.64 bits per heavy atom. The molecule has 2 rings (SSSR count). The van der Waals surface area contributed by atoms with E-state index in [0.717, 1.165) is 17.5 Å². The molecule has 150 valence electrons. The van der Waals surface area contributed by atoms with Gasteiger partial charge in [0.1, 0.15) is 6.04 Å². The number of nitrogens with zero attached hydrogens (tertiary/aromatic N) is 1. The van der Waals surface area contributed by atoms with Crippen molar-refractivity contribution in [1.29, 1.82) is 0 Å². The highest BCUT2D eigenvalue weighted by atomic mass is 35.5. The second-order valence-electron chi connectivity index (χ2n) is 7.10. The van der Waals surface area contributed by atoms with Crippen molar-refractivity contribution < 1.29 is 9.59 Å². The Kier molecular flexibility index (Phi) is 8.52. The van der Waals surface area contributed by atoms with Gasteiger partial charge in [-0.15, -0.1) is 0 Å².